The second kappa shape index (κ2) is 7.06. The number of carbonyl (C=O) groups excluding carboxylic acids is 1. The average molecular weight is 174 g/mol. The van der Waals surface area contributed by atoms with E-state index >= 15 is 0 Å². The topological polar surface area (TPSA) is 41.6 Å². The van der Waals surface area contributed by atoms with Gasteiger partial charge in [-0.15, -0.1) is 0 Å². The fourth-order valence-electron chi connectivity index (χ4n) is 0.782. The minimum Gasteiger partial charge on any atom is -0.383 e. The lowest BCUT2D eigenvalue weighted by Gasteiger charge is -2.15. The number of amides is 1. The molecule has 0 spiro atoms. The zero-order valence-electron chi connectivity index (χ0n) is 8.09. The summed E-state index contributed by atoms with van der Waals surface area (Å²) < 4.78 is 4.91. The zero-order chi connectivity index (χ0) is 9.40. The third kappa shape index (κ3) is 7.50. The van der Waals surface area contributed by atoms with Crippen LogP contribution in [0.25, 0.3) is 0 Å². The van der Waals surface area contributed by atoms with Crippen molar-refractivity contribution < 1.29 is 9.53 Å². The van der Waals surface area contributed by atoms with Crippen LogP contribution in [-0.4, -0.2) is 51.2 Å². The molecule has 12 heavy (non-hydrogen) atoms. The van der Waals surface area contributed by atoms with Gasteiger partial charge in [0.2, 0.25) is 5.91 Å². The highest BCUT2D eigenvalue weighted by Gasteiger charge is 1.97. The number of likely N-dealkylation sites (N-methyl/N-ethyl adjacent to an activating group) is 1. The van der Waals surface area contributed by atoms with Crippen molar-refractivity contribution in [2.45, 2.75) is 6.92 Å². The predicted molar refractivity (Wildman–Crippen MR) is 48.1 cm³/mol. The van der Waals surface area contributed by atoms with Gasteiger partial charge in [-0.2, -0.15) is 0 Å². The van der Waals surface area contributed by atoms with Crippen molar-refractivity contribution in [3.05, 3.63) is 0 Å². The van der Waals surface area contributed by atoms with Gasteiger partial charge in [-0.05, 0) is 7.05 Å². The van der Waals surface area contributed by atoms with Crippen molar-refractivity contribution >= 4 is 5.91 Å². The molecule has 0 unspecified atom stereocenters. The molecule has 0 atom stereocenters. The van der Waals surface area contributed by atoms with Gasteiger partial charge in [0.15, 0.2) is 0 Å². The molecular weight excluding hydrogens is 156 g/mol. The van der Waals surface area contributed by atoms with E-state index in [2.05, 4.69) is 10.2 Å². The number of hydrogen-bond donors (Lipinski definition) is 1. The van der Waals surface area contributed by atoms with Crippen LogP contribution in [0.5, 0.6) is 0 Å². The summed E-state index contributed by atoms with van der Waals surface area (Å²) in [5.74, 6) is 0.0233. The Morgan fingerprint density at radius 1 is 1.50 bits per heavy atom. The van der Waals surface area contributed by atoms with Gasteiger partial charge in [-0.25, -0.2) is 0 Å². The van der Waals surface area contributed by atoms with Gasteiger partial charge in [-0.3, -0.25) is 4.79 Å². The SMILES string of the molecule is COCCN(C)CCNC(C)=O. The van der Waals surface area contributed by atoms with Gasteiger partial charge < -0.3 is 15.0 Å². The summed E-state index contributed by atoms with van der Waals surface area (Å²) >= 11 is 0. The van der Waals surface area contributed by atoms with Crippen molar-refractivity contribution in [1.29, 1.82) is 0 Å². The van der Waals surface area contributed by atoms with E-state index in [-0.39, 0.29) is 5.91 Å². The summed E-state index contributed by atoms with van der Waals surface area (Å²) in [6, 6.07) is 0. The van der Waals surface area contributed by atoms with Gasteiger partial charge >= 0.3 is 0 Å². The Labute approximate surface area is 73.9 Å². The third-order valence-corrected chi connectivity index (χ3v) is 1.54. The molecule has 0 aliphatic rings. The fourth-order valence-corrected chi connectivity index (χ4v) is 0.782. The van der Waals surface area contributed by atoms with Gasteiger partial charge in [-0.1, -0.05) is 0 Å². The molecule has 4 nitrogen and oxygen atoms in total. The van der Waals surface area contributed by atoms with E-state index in [0.29, 0.717) is 6.54 Å². The minimum atomic E-state index is 0.0233. The molecule has 1 amide bonds. The van der Waals surface area contributed by atoms with E-state index in [1.807, 2.05) is 7.05 Å². The Morgan fingerprint density at radius 2 is 2.17 bits per heavy atom. The van der Waals surface area contributed by atoms with E-state index in [0.717, 1.165) is 19.7 Å². The first-order valence-corrected chi connectivity index (χ1v) is 4.08. The van der Waals surface area contributed by atoms with Crippen molar-refractivity contribution in [1.82, 2.24) is 10.2 Å². The highest BCUT2D eigenvalue weighted by molar-refractivity contribution is 5.72. The van der Waals surface area contributed by atoms with E-state index < -0.39 is 0 Å². The maximum Gasteiger partial charge on any atom is 0.216 e. The van der Waals surface area contributed by atoms with Crippen molar-refractivity contribution in [3.8, 4) is 0 Å². The molecule has 0 radical (unpaired) electrons. The fraction of sp³-hybridized carbons (Fsp3) is 0.875. The molecule has 0 fully saturated rings. The van der Waals surface area contributed by atoms with Gasteiger partial charge in [0, 0.05) is 33.7 Å². The van der Waals surface area contributed by atoms with Crippen molar-refractivity contribution in [3.63, 3.8) is 0 Å². The highest BCUT2D eigenvalue weighted by atomic mass is 16.5. The van der Waals surface area contributed by atoms with Crippen LogP contribution in [0.3, 0.4) is 0 Å². The Kier molecular flexibility index (Phi) is 6.70. The molecule has 4 heteroatoms. The van der Waals surface area contributed by atoms with E-state index in [9.17, 15) is 4.79 Å². The van der Waals surface area contributed by atoms with Crippen molar-refractivity contribution in [2.75, 3.05) is 40.4 Å². The number of carbonyl (C=O) groups is 1. The normalized spacial score (nSPS) is 10.3. The van der Waals surface area contributed by atoms with Crippen molar-refractivity contribution in [2.24, 2.45) is 0 Å². The van der Waals surface area contributed by atoms with Gasteiger partial charge in [0.05, 0.1) is 6.61 Å². The second-order valence-electron chi connectivity index (χ2n) is 2.78. The smallest absolute Gasteiger partial charge is 0.216 e. The first-order chi connectivity index (χ1) is 5.66. The summed E-state index contributed by atoms with van der Waals surface area (Å²) in [5.41, 5.74) is 0. The number of nitrogens with one attached hydrogen (secondary N) is 1. The minimum absolute atomic E-state index is 0.0233. The quantitative estimate of drug-likeness (QED) is 0.601. The molecule has 0 aromatic carbocycles. The molecule has 72 valence electrons. The lowest BCUT2D eigenvalue weighted by molar-refractivity contribution is -0.119. The number of hydrogen-bond acceptors (Lipinski definition) is 3. The molecule has 0 heterocycles. The first kappa shape index (κ1) is 11.4. The van der Waals surface area contributed by atoms with E-state index in [4.69, 9.17) is 4.74 Å². The Hall–Kier alpha value is -0.610. The molecule has 0 aliphatic heterocycles. The number of ether oxygens (including phenoxy) is 1. The van der Waals surface area contributed by atoms with Crippen LogP contribution in [-0.2, 0) is 9.53 Å². The Balaban J connectivity index is 3.19. The first-order valence-electron chi connectivity index (χ1n) is 4.08. The van der Waals surface area contributed by atoms with E-state index in [1.165, 1.54) is 6.92 Å². The van der Waals surface area contributed by atoms with Gasteiger partial charge in [0.1, 0.15) is 0 Å². The summed E-state index contributed by atoms with van der Waals surface area (Å²) in [7, 11) is 3.68. The lowest BCUT2D eigenvalue weighted by atomic mass is 10.5. The maximum absolute atomic E-state index is 10.5. The molecule has 0 rings (SSSR count). The summed E-state index contributed by atoms with van der Waals surface area (Å²) in [6.07, 6.45) is 0. The van der Waals surface area contributed by atoms with Crippen LogP contribution in [0.2, 0.25) is 0 Å². The standard InChI is InChI=1S/C8H18N2O2/c1-8(11)9-4-5-10(2)6-7-12-3/h4-7H2,1-3H3,(H,9,11). The molecule has 0 bridgehead atoms. The number of rotatable bonds is 6. The van der Waals surface area contributed by atoms with Crippen LogP contribution < -0.4 is 5.32 Å². The largest absolute Gasteiger partial charge is 0.383 e. The van der Waals surface area contributed by atoms with Crippen LogP contribution >= 0.6 is 0 Å². The monoisotopic (exact) mass is 174 g/mol. The predicted octanol–water partition coefficient (Wildman–Crippen LogP) is -0.299. The highest BCUT2D eigenvalue weighted by Crippen LogP contribution is 1.80. The number of nitrogens with zero attached hydrogens (tertiary/aromatic N) is 1. The molecule has 0 aromatic heterocycles. The zero-order valence-corrected chi connectivity index (χ0v) is 8.09. The Bertz CT molecular complexity index is 128. The van der Waals surface area contributed by atoms with Crippen LogP contribution in [0.1, 0.15) is 6.92 Å². The number of methoxy groups -OCH3 is 1. The lowest BCUT2D eigenvalue weighted by Crippen LogP contribution is -2.33. The Morgan fingerprint density at radius 3 is 2.67 bits per heavy atom. The summed E-state index contributed by atoms with van der Waals surface area (Å²) in [5, 5.41) is 2.73. The van der Waals surface area contributed by atoms with E-state index in [1.54, 1.807) is 7.11 Å². The molecule has 0 saturated heterocycles. The molecule has 1 N–H and O–H groups in total. The average Bonchev–Trinajstić information content (AvgIpc) is 2.00. The molecule has 0 saturated carbocycles. The molecule has 0 aliphatic carbocycles. The van der Waals surface area contributed by atoms with Crippen LogP contribution in [0.4, 0.5) is 0 Å². The summed E-state index contributed by atoms with van der Waals surface area (Å²) in [6.45, 7) is 4.72. The summed E-state index contributed by atoms with van der Waals surface area (Å²) in [4.78, 5) is 12.6. The molecule has 0 aromatic rings. The van der Waals surface area contributed by atoms with Crippen LogP contribution in [0, 0.1) is 0 Å². The van der Waals surface area contributed by atoms with Crippen LogP contribution in [0.15, 0.2) is 0 Å². The molecular formula is C8H18N2O2. The third-order valence-electron chi connectivity index (χ3n) is 1.54. The second-order valence-corrected chi connectivity index (χ2v) is 2.78. The van der Waals surface area contributed by atoms with Gasteiger partial charge in [0.25, 0.3) is 0 Å². The maximum atomic E-state index is 10.5.